The molecule has 1 amide bonds. The van der Waals surface area contributed by atoms with E-state index < -0.39 is 6.09 Å². The average Bonchev–Trinajstić information content (AvgIpc) is 2.34. The molecule has 0 aliphatic carbocycles. The Balaban J connectivity index is 2.66. The number of azide groups is 1. The summed E-state index contributed by atoms with van der Waals surface area (Å²) >= 11 is 0. The van der Waals surface area contributed by atoms with Gasteiger partial charge in [0.1, 0.15) is 0 Å². The van der Waals surface area contributed by atoms with Crippen LogP contribution in [-0.4, -0.2) is 34.7 Å². The molecule has 1 heterocycles. The van der Waals surface area contributed by atoms with Crippen molar-refractivity contribution >= 4 is 6.09 Å². The van der Waals surface area contributed by atoms with Gasteiger partial charge in [0.25, 0.3) is 0 Å². The molecule has 0 radical (unpaired) electrons. The van der Waals surface area contributed by atoms with Crippen LogP contribution in [-0.2, 0) is 0 Å². The SMILES string of the molecule is C[C@H]1[C@@H](N=[N+]=[N-])CCN1C(=O)O. The minimum atomic E-state index is -0.946. The zero-order valence-corrected chi connectivity index (χ0v) is 6.71. The van der Waals surface area contributed by atoms with Crippen LogP contribution in [0.15, 0.2) is 5.11 Å². The number of hydrogen-bond donors (Lipinski definition) is 1. The largest absolute Gasteiger partial charge is 0.465 e. The molecule has 0 aromatic carbocycles. The average molecular weight is 170 g/mol. The van der Waals surface area contributed by atoms with Gasteiger partial charge in [0, 0.05) is 17.5 Å². The predicted molar refractivity (Wildman–Crippen MR) is 41.7 cm³/mol. The van der Waals surface area contributed by atoms with Crippen LogP contribution in [0.1, 0.15) is 13.3 Å². The van der Waals surface area contributed by atoms with E-state index >= 15 is 0 Å². The van der Waals surface area contributed by atoms with Crippen molar-refractivity contribution in [3.63, 3.8) is 0 Å². The zero-order chi connectivity index (χ0) is 9.14. The van der Waals surface area contributed by atoms with E-state index in [4.69, 9.17) is 10.6 Å². The van der Waals surface area contributed by atoms with Crippen LogP contribution in [0.4, 0.5) is 4.79 Å². The van der Waals surface area contributed by atoms with Gasteiger partial charge in [-0.3, -0.25) is 0 Å². The highest BCUT2D eigenvalue weighted by atomic mass is 16.4. The molecule has 0 aromatic heterocycles. The summed E-state index contributed by atoms with van der Waals surface area (Å²) in [7, 11) is 0. The lowest BCUT2D eigenvalue weighted by molar-refractivity contribution is 0.142. The van der Waals surface area contributed by atoms with Gasteiger partial charge in [0.15, 0.2) is 0 Å². The summed E-state index contributed by atoms with van der Waals surface area (Å²) in [5.74, 6) is 0. The molecule has 1 aliphatic heterocycles. The minimum absolute atomic E-state index is 0.196. The molecule has 6 heteroatoms. The van der Waals surface area contributed by atoms with Crippen LogP contribution in [0, 0.1) is 0 Å². The highest BCUT2D eigenvalue weighted by Gasteiger charge is 2.32. The van der Waals surface area contributed by atoms with E-state index in [0.717, 1.165) is 0 Å². The maximum Gasteiger partial charge on any atom is 0.407 e. The summed E-state index contributed by atoms with van der Waals surface area (Å²) in [6.07, 6.45) is -0.324. The van der Waals surface area contributed by atoms with Crippen LogP contribution in [0.2, 0.25) is 0 Å². The lowest BCUT2D eigenvalue weighted by Gasteiger charge is -2.18. The second-order valence-corrected chi connectivity index (χ2v) is 2.78. The number of nitrogens with zero attached hydrogens (tertiary/aromatic N) is 4. The van der Waals surface area contributed by atoms with Crippen LogP contribution in [0.5, 0.6) is 0 Å². The van der Waals surface area contributed by atoms with Crippen molar-refractivity contribution in [2.24, 2.45) is 5.11 Å². The molecule has 0 saturated carbocycles. The van der Waals surface area contributed by atoms with E-state index in [1.807, 2.05) is 0 Å². The van der Waals surface area contributed by atoms with Crippen LogP contribution in [0.3, 0.4) is 0 Å². The first-order valence-corrected chi connectivity index (χ1v) is 3.70. The third kappa shape index (κ3) is 1.43. The molecule has 66 valence electrons. The Kier molecular flexibility index (Phi) is 2.40. The first-order valence-electron chi connectivity index (χ1n) is 3.70. The summed E-state index contributed by atoms with van der Waals surface area (Å²) < 4.78 is 0. The molecule has 6 nitrogen and oxygen atoms in total. The normalized spacial score (nSPS) is 28.2. The number of amides is 1. The van der Waals surface area contributed by atoms with Gasteiger partial charge in [-0.2, -0.15) is 0 Å². The molecule has 1 N–H and O–H groups in total. The fourth-order valence-corrected chi connectivity index (χ4v) is 1.41. The molecule has 0 unspecified atom stereocenters. The van der Waals surface area contributed by atoms with Gasteiger partial charge in [-0.05, 0) is 18.9 Å². The summed E-state index contributed by atoms with van der Waals surface area (Å²) in [4.78, 5) is 14.5. The molecular weight excluding hydrogens is 160 g/mol. The van der Waals surface area contributed by atoms with Gasteiger partial charge in [-0.15, -0.1) is 0 Å². The van der Waals surface area contributed by atoms with Gasteiger partial charge in [-0.1, -0.05) is 5.11 Å². The van der Waals surface area contributed by atoms with E-state index in [-0.39, 0.29) is 12.1 Å². The van der Waals surface area contributed by atoms with Crippen molar-refractivity contribution in [2.75, 3.05) is 6.54 Å². The van der Waals surface area contributed by atoms with Gasteiger partial charge >= 0.3 is 6.09 Å². The second kappa shape index (κ2) is 3.32. The van der Waals surface area contributed by atoms with Gasteiger partial charge in [-0.25, -0.2) is 4.79 Å². The molecule has 1 saturated heterocycles. The van der Waals surface area contributed by atoms with Crippen molar-refractivity contribution in [2.45, 2.75) is 25.4 Å². The second-order valence-electron chi connectivity index (χ2n) is 2.78. The predicted octanol–water partition coefficient (Wildman–Crippen LogP) is 1.44. The first kappa shape index (κ1) is 8.67. The molecule has 0 aromatic rings. The maximum absolute atomic E-state index is 10.6. The van der Waals surface area contributed by atoms with E-state index in [2.05, 4.69) is 10.0 Å². The summed E-state index contributed by atoms with van der Waals surface area (Å²) in [5, 5.41) is 12.2. The molecule has 2 atom stereocenters. The van der Waals surface area contributed by atoms with E-state index in [9.17, 15) is 4.79 Å². The quantitative estimate of drug-likeness (QED) is 0.366. The Morgan fingerprint density at radius 1 is 1.83 bits per heavy atom. The third-order valence-corrected chi connectivity index (χ3v) is 2.16. The van der Waals surface area contributed by atoms with Crippen molar-refractivity contribution in [1.82, 2.24) is 4.90 Å². The summed E-state index contributed by atoms with van der Waals surface area (Å²) in [6, 6.07) is -0.399. The Morgan fingerprint density at radius 3 is 2.92 bits per heavy atom. The number of rotatable bonds is 1. The van der Waals surface area contributed by atoms with Gasteiger partial charge in [0.05, 0.1) is 6.04 Å². The topological polar surface area (TPSA) is 89.3 Å². The van der Waals surface area contributed by atoms with Crippen molar-refractivity contribution in [1.29, 1.82) is 0 Å². The van der Waals surface area contributed by atoms with Gasteiger partial charge in [0.2, 0.25) is 0 Å². The molecule has 0 spiro atoms. The number of likely N-dealkylation sites (tertiary alicyclic amines) is 1. The van der Waals surface area contributed by atoms with Crippen LogP contribution in [0.25, 0.3) is 10.4 Å². The van der Waals surface area contributed by atoms with Gasteiger partial charge < -0.3 is 10.0 Å². The molecule has 1 aliphatic rings. The summed E-state index contributed by atoms with van der Waals surface area (Å²) in [5.41, 5.74) is 8.16. The molecule has 12 heavy (non-hydrogen) atoms. The number of carbonyl (C=O) groups is 1. The fraction of sp³-hybridized carbons (Fsp3) is 0.833. The fourth-order valence-electron chi connectivity index (χ4n) is 1.41. The van der Waals surface area contributed by atoms with E-state index in [0.29, 0.717) is 13.0 Å². The highest BCUT2D eigenvalue weighted by Crippen LogP contribution is 2.20. The lowest BCUT2D eigenvalue weighted by atomic mass is 10.2. The number of hydrogen-bond acceptors (Lipinski definition) is 2. The Morgan fingerprint density at radius 2 is 2.50 bits per heavy atom. The Bertz CT molecular complexity index is 226. The van der Waals surface area contributed by atoms with Crippen molar-refractivity contribution in [3.05, 3.63) is 10.4 Å². The molecular formula is C6H10N4O2. The summed E-state index contributed by atoms with van der Waals surface area (Å²) in [6.45, 7) is 2.21. The lowest BCUT2D eigenvalue weighted by Crippen LogP contribution is -2.35. The maximum atomic E-state index is 10.6. The zero-order valence-electron chi connectivity index (χ0n) is 6.71. The standard InChI is InChI=1S/C6H10N4O2/c1-4-5(8-9-7)2-3-10(4)6(11)12/h4-5H,2-3H2,1H3,(H,11,12)/t4-,5-/m0/s1. The first-order chi connectivity index (χ1) is 5.66. The minimum Gasteiger partial charge on any atom is -0.465 e. The molecule has 1 fully saturated rings. The van der Waals surface area contributed by atoms with Crippen LogP contribution >= 0.6 is 0 Å². The monoisotopic (exact) mass is 170 g/mol. The Labute approximate surface area is 69.4 Å². The van der Waals surface area contributed by atoms with Crippen LogP contribution < -0.4 is 0 Å². The van der Waals surface area contributed by atoms with Crippen molar-refractivity contribution in [3.8, 4) is 0 Å². The van der Waals surface area contributed by atoms with Crippen molar-refractivity contribution < 1.29 is 9.90 Å². The number of carboxylic acid groups (broad SMARTS) is 1. The molecule has 0 bridgehead atoms. The van der Waals surface area contributed by atoms with E-state index in [1.54, 1.807) is 6.92 Å². The smallest absolute Gasteiger partial charge is 0.407 e. The Hall–Kier alpha value is -1.42. The highest BCUT2D eigenvalue weighted by molar-refractivity contribution is 5.66. The molecule has 1 rings (SSSR count). The third-order valence-electron chi connectivity index (χ3n) is 2.16. The van der Waals surface area contributed by atoms with E-state index in [1.165, 1.54) is 4.90 Å².